The van der Waals surface area contributed by atoms with Crippen LogP contribution in [0.1, 0.15) is 0 Å². The van der Waals surface area contributed by atoms with Gasteiger partial charge in [0.15, 0.2) is 38.5 Å². The molecule has 1 aliphatic heterocycles. The van der Waals surface area contributed by atoms with Gasteiger partial charge in [-0.1, -0.05) is 400 Å². The van der Waals surface area contributed by atoms with Crippen LogP contribution in [-0.4, -0.2) is 24.2 Å². The average Bonchev–Trinajstić information content (AvgIpc) is 0.679. The Bertz CT molecular complexity index is 4290. The average molecular weight is 1250 g/mol. The second-order valence-corrected chi connectivity index (χ2v) is 40.0. The van der Waals surface area contributed by atoms with Crippen molar-refractivity contribution in [2.24, 2.45) is 0 Å². The summed E-state index contributed by atoms with van der Waals surface area (Å²) in [5.74, 6) is 0. The molecule has 2 nitrogen and oxygen atoms in total. The first-order chi connectivity index (χ1) is 44.9. The topological polar surface area (TPSA) is 34.1 Å². The third kappa shape index (κ3) is 10.1. The highest BCUT2D eigenvalue weighted by Crippen LogP contribution is 2.43. The minimum Gasteiger partial charge on any atom is -0.309 e. The van der Waals surface area contributed by atoms with Gasteiger partial charge in [0.05, 0.1) is 0 Å². The molecule has 0 bridgehead atoms. The van der Waals surface area contributed by atoms with Crippen molar-refractivity contribution in [1.29, 1.82) is 0 Å². The van der Waals surface area contributed by atoms with E-state index < -0.39 is 38.5 Å². The largest absolute Gasteiger partial charge is 0.309 e. The monoisotopic (exact) mass is 1250 g/mol. The molecule has 1 aliphatic rings. The first-order valence-electron chi connectivity index (χ1n) is 31.1. The van der Waals surface area contributed by atoms with Crippen molar-refractivity contribution in [3.05, 3.63) is 400 Å². The summed E-state index contributed by atoms with van der Waals surface area (Å²) in [5, 5.41) is 21.5. The Morgan fingerprint density at radius 1 is 0.176 bits per heavy atom. The fourth-order valence-corrected chi connectivity index (χ4v) is 36.7. The van der Waals surface area contributed by atoms with Crippen LogP contribution >= 0.6 is 14.3 Å². The SMILES string of the molecule is O=P(c1ccccc1)(c1ccccc1)c1ccc([Si](c2ccccc2)(c2ccccc2)c2ccc(P(=O)(c3ccccc3)c3ccccc3)cc2)cc1.c1ccc([Si]2(c3ccccc3)c3ccccc3[Si](c3ccccc3)(c3ccccc3)c3ccccc32)cc1. The molecule has 0 unspecified atom stereocenters. The van der Waals surface area contributed by atoms with Crippen molar-refractivity contribution in [3.63, 3.8) is 0 Å². The number of hydrogen-bond donors (Lipinski definition) is 0. The van der Waals surface area contributed by atoms with Crippen LogP contribution in [0.2, 0.25) is 0 Å². The van der Waals surface area contributed by atoms with E-state index >= 15 is 9.13 Å². The normalized spacial score (nSPS) is 13.1. The van der Waals surface area contributed by atoms with E-state index in [9.17, 15) is 0 Å². The summed E-state index contributed by atoms with van der Waals surface area (Å²) in [6, 6.07) is 142. The van der Waals surface area contributed by atoms with Crippen LogP contribution in [0.3, 0.4) is 0 Å². The zero-order valence-electron chi connectivity index (χ0n) is 50.3. The Morgan fingerprint density at radius 2 is 0.341 bits per heavy atom. The highest BCUT2D eigenvalue weighted by molar-refractivity contribution is 7.85. The van der Waals surface area contributed by atoms with Crippen molar-refractivity contribution >= 4 is 133 Å². The molecule has 0 atom stereocenters. The molecule has 0 N–H and O–H groups in total. The highest BCUT2D eigenvalue weighted by atomic mass is 31.2. The van der Waals surface area contributed by atoms with Gasteiger partial charge in [-0.25, -0.2) is 0 Å². The third-order valence-electron chi connectivity index (χ3n) is 18.5. The predicted molar refractivity (Wildman–Crippen MR) is 396 cm³/mol. The molecule has 0 spiro atoms. The van der Waals surface area contributed by atoms with Gasteiger partial charge in [0.2, 0.25) is 0 Å². The van der Waals surface area contributed by atoms with Crippen LogP contribution in [0, 0.1) is 0 Å². The van der Waals surface area contributed by atoms with Gasteiger partial charge < -0.3 is 9.13 Å². The van der Waals surface area contributed by atoms with Crippen molar-refractivity contribution in [3.8, 4) is 0 Å². The fourth-order valence-electron chi connectivity index (χ4n) is 14.6. The highest BCUT2D eigenvalue weighted by Gasteiger charge is 2.56. The lowest BCUT2D eigenvalue weighted by Crippen LogP contribution is -2.93. The molecule has 436 valence electrons. The summed E-state index contributed by atoms with van der Waals surface area (Å²) in [5.41, 5.74) is 0. The molecule has 0 radical (unpaired) electrons. The van der Waals surface area contributed by atoms with E-state index in [1.165, 1.54) is 62.2 Å². The summed E-state index contributed by atoms with van der Waals surface area (Å²) < 4.78 is 30.7. The summed E-state index contributed by atoms with van der Waals surface area (Å²) >= 11 is 0. The smallest absolute Gasteiger partial charge is 0.179 e. The molecule has 7 heteroatoms. The first-order valence-corrected chi connectivity index (χ1v) is 40.5. The van der Waals surface area contributed by atoms with Crippen LogP contribution in [0.15, 0.2) is 400 Å². The minimum absolute atomic E-state index is 0.796. The van der Waals surface area contributed by atoms with Crippen molar-refractivity contribution in [1.82, 2.24) is 0 Å². The van der Waals surface area contributed by atoms with Gasteiger partial charge in [-0.05, 0) is 62.2 Å². The maximum atomic E-state index is 15.3. The molecule has 0 saturated carbocycles. The van der Waals surface area contributed by atoms with E-state index in [1.54, 1.807) is 0 Å². The van der Waals surface area contributed by atoms with Gasteiger partial charge in [0.1, 0.15) is 0 Å². The van der Waals surface area contributed by atoms with Crippen LogP contribution < -0.4 is 94.1 Å². The third-order valence-corrected chi connectivity index (χ3v) is 39.7. The van der Waals surface area contributed by atoms with Crippen molar-refractivity contribution in [2.45, 2.75) is 0 Å². The van der Waals surface area contributed by atoms with Crippen molar-refractivity contribution < 1.29 is 9.13 Å². The Kier molecular flexibility index (Phi) is 16.5. The lowest BCUT2D eigenvalue weighted by Gasteiger charge is -2.48. The molecule has 91 heavy (non-hydrogen) atoms. The summed E-state index contributed by atoms with van der Waals surface area (Å²) in [6.07, 6.45) is 0. The molecule has 0 amide bonds. The summed E-state index contributed by atoms with van der Waals surface area (Å²) in [7, 11) is -14.5. The predicted octanol–water partition coefficient (Wildman–Crippen LogP) is 9.10. The van der Waals surface area contributed by atoms with E-state index in [1.807, 2.05) is 121 Å². The molecule has 1 heterocycles. The van der Waals surface area contributed by atoms with Crippen LogP contribution in [0.4, 0.5) is 0 Å². The van der Waals surface area contributed by atoms with Crippen LogP contribution in [-0.2, 0) is 9.13 Å². The summed E-state index contributed by atoms with van der Waals surface area (Å²) in [4.78, 5) is 0. The van der Waals surface area contributed by atoms with E-state index in [4.69, 9.17) is 0 Å². The molecule has 0 saturated heterocycles. The van der Waals surface area contributed by atoms with Gasteiger partial charge in [-0.3, -0.25) is 0 Å². The molecule has 0 fully saturated rings. The molecule has 14 aromatic carbocycles. The second kappa shape index (κ2) is 25.6. The molecular formula is C84H66O2P2Si3. The standard InChI is InChI=1S/C48H38O2P2Si.C36H28Si2/c49-51(39-19-7-1-8-20-39,40-21-9-2-10-22-40)43-31-35-47(36-32-43)53(45-27-15-5-16-28-45,46-29-17-6-18-30-46)48-37-33-44(34-38-48)52(50,41-23-11-3-12-24-41)42-25-13-4-14-26-42;1-5-17-29(18-6-1)37(30-19-7-2-8-20-30)33-25-13-15-27-35(33)38(31-21-9-3-10-22-31,32-23-11-4-12-24-32)36-28-16-14-26-34(36)37/h1-38H;1-28H. The Balaban J connectivity index is 0.000000167. The second-order valence-electron chi connectivity index (χ2n) is 23.2. The van der Waals surface area contributed by atoms with Gasteiger partial charge in [-0.15, -0.1) is 0 Å². The van der Waals surface area contributed by atoms with Gasteiger partial charge in [0, 0.05) is 31.8 Å². The van der Waals surface area contributed by atoms with Crippen LogP contribution in [0.5, 0.6) is 0 Å². The number of rotatable bonds is 14. The van der Waals surface area contributed by atoms with Gasteiger partial charge in [0.25, 0.3) is 0 Å². The minimum atomic E-state index is -3.16. The van der Waals surface area contributed by atoms with Crippen LogP contribution in [0.25, 0.3) is 0 Å². The Labute approximate surface area is 538 Å². The quantitative estimate of drug-likeness (QED) is 0.0620. The molecule has 14 aromatic rings. The Morgan fingerprint density at radius 3 is 0.560 bits per heavy atom. The van der Waals surface area contributed by atoms with E-state index in [0.29, 0.717) is 0 Å². The fraction of sp³-hybridized carbons (Fsp3) is 0. The molecule has 15 rings (SSSR count). The van der Waals surface area contributed by atoms with E-state index in [-0.39, 0.29) is 0 Å². The van der Waals surface area contributed by atoms with Gasteiger partial charge in [-0.2, -0.15) is 0 Å². The van der Waals surface area contributed by atoms with E-state index in [2.05, 4.69) is 279 Å². The molecular weight excluding hydrogens is 1190 g/mol. The lowest BCUT2D eigenvalue weighted by atomic mass is 10.3. The number of benzene rings is 14. The first kappa shape index (κ1) is 58.8. The molecule has 0 aliphatic carbocycles. The van der Waals surface area contributed by atoms with Crippen molar-refractivity contribution in [2.75, 3.05) is 0 Å². The lowest BCUT2D eigenvalue weighted by molar-refractivity contribution is 0.591. The Hall–Kier alpha value is -9.81. The zero-order chi connectivity index (χ0) is 61.6. The number of fused-ring (bicyclic) bond motifs is 2. The number of hydrogen-bond acceptors (Lipinski definition) is 2. The maximum absolute atomic E-state index is 15.3. The zero-order valence-corrected chi connectivity index (χ0v) is 55.1. The maximum Gasteiger partial charge on any atom is 0.179 e. The summed E-state index contributed by atoms with van der Waals surface area (Å²) in [6.45, 7) is 0. The molecule has 0 aromatic heterocycles. The van der Waals surface area contributed by atoms with Gasteiger partial charge >= 0.3 is 0 Å². The van der Waals surface area contributed by atoms with E-state index in [0.717, 1.165) is 31.8 Å².